The van der Waals surface area contributed by atoms with E-state index in [-0.39, 0.29) is 6.61 Å². The molecule has 16 heavy (non-hydrogen) atoms. The molecule has 0 bridgehead atoms. The summed E-state index contributed by atoms with van der Waals surface area (Å²) in [5.74, 6) is 0. The van der Waals surface area contributed by atoms with Crippen molar-refractivity contribution in [2.24, 2.45) is 0 Å². The Morgan fingerprint density at radius 1 is 1.38 bits per heavy atom. The molecular weight excluding hydrogens is 224 g/mol. The Morgan fingerprint density at radius 3 is 2.81 bits per heavy atom. The van der Waals surface area contributed by atoms with E-state index >= 15 is 0 Å². The molecule has 0 aliphatic rings. The van der Waals surface area contributed by atoms with Gasteiger partial charge in [0.15, 0.2) is 5.13 Å². The predicted molar refractivity (Wildman–Crippen MR) is 63.0 cm³/mol. The molecule has 0 amide bonds. The van der Waals surface area contributed by atoms with Gasteiger partial charge in [-0.25, -0.2) is 15.0 Å². The maximum atomic E-state index is 8.88. The van der Waals surface area contributed by atoms with Crippen LogP contribution in [0.25, 0.3) is 0 Å². The van der Waals surface area contributed by atoms with Crippen molar-refractivity contribution in [3.8, 4) is 0 Å². The second kappa shape index (κ2) is 5.00. The molecule has 0 radical (unpaired) electrons. The summed E-state index contributed by atoms with van der Waals surface area (Å²) in [6.07, 6.45) is 5.51. The minimum atomic E-state index is 0.150. The number of nitrogens with one attached hydrogen (secondary N) is 1. The highest BCUT2D eigenvalue weighted by Gasteiger charge is 2.07. The molecule has 0 spiro atoms. The smallest absolute Gasteiger partial charge is 0.187 e. The fourth-order valence-electron chi connectivity index (χ4n) is 1.30. The first-order valence-electron chi connectivity index (χ1n) is 4.89. The van der Waals surface area contributed by atoms with Crippen molar-refractivity contribution >= 4 is 22.2 Å². The van der Waals surface area contributed by atoms with Crippen LogP contribution < -0.4 is 5.32 Å². The molecule has 2 N–H and O–H groups in total. The molecule has 0 atom stereocenters. The maximum absolute atomic E-state index is 8.88. The van der Waals surface area contributed by atoms with Gasteiger partial charge >= 0.3 is 0 Å². The van der Waals surface area contributed by atoms with Gasteiger partial charge in [-0.1, -0.05) is 0 Å². The first-order valence-corrected chi connectivity index (χ1v) is 5.70. The van der Waals surface area contributed by atoms with E-state index in [1.807, 2.05) is 6.92 Å². The number of aliphatic hydroxyl groups excluding tert-OH is 1. The zero-order valence-corrected chi connectivity index (χ0v) is 9.66. The van der Waals surface area contributed by atoms with E-state index in [1.54, 1.807) is 23.7 Å². The van der Waals surface area contributed by atoms with Crippen molar-refractivity contribution in [1.82, 2.24) is 15.0 Å². The Morgan fingerprint density at radius 2 is 2.12 bits per heavy atom. The second-order valence-electron chi connectivity index (χ2n) is 3.25. The molecule has 2 rings (SSSR count). The van der Waals surface area contributed by atoms with Crippen LogP contribution in [0, 0.1) is 6.92 Å². The van der Waals surface area contributed by atoms with E-state index in [0.717, 1.165) is 21.4 Å². The lowest BCUT2D eigenvalue weighted by Gasteiger charge is -1.98. The summed E-state index contributed by atoms with van der Waals surface area (Å²) < 4.78 is 0. The van der Waals surface area contributed by atoms with Gasteiger partial charge in [-0.05, 0) is 6.92 Å². The molecule has 2 aromatic rings. The molecule has 0 fully saturated rings. The van der Waals surface area contributed by atoms with Crippen molar-refractivity contribution in [2.75, 3.05) is 11.9 Å². The molecule has 0 unspecified atom stereocenters. The standard InChI is InChI=1S/C10H12N4OS/c1-7-9(2-3-15)16-10(13-7)14-8-4-11-6-12-5-8/h4-6,15H,2-3H2,1H3,(H,13,14). The van der Waals surface area contributed by atoms with E-state index < -0.39 is 0 Å². The summed E-state index contributed by atoms with van der Waals surface area (Å²) in [6.45, 7) is 2.09. The minimum Gasteiger partial charge on any atom is -0.396 e. The molecule has 0 saturated heterocycles. The lowest BCUT2D eigenvalue weighted by atomic mass is 10.3. The Hall–Kier alpha value is -1.53. The van der Waals surface area contributed by atoms with E-state index in [2.05, 4.69) is 20.3 Å². The summed E-state index contributed by atoms with van der Waals surface area (Å²) in [6, 6.07) is 0. The lowest BCUT2D eigenvalue weighted by Crippen LogP contribution is -1.90. The normalized spacial score (nSPS) is 10.4. The average Bonchev–Trinajstić information content (AvgIpc) is 2.61. The Bertz CT molecular complexity index is 457. The molecule has 6 heteroatoms. The van der Waals surface area contributed by atoms with Gasteiger partial charge < -0.3 is 10.4 Å². The third kappa shape index (κ3) is 2.53. The van der Waals surface area contributed by atoms with Gasteiger partial charge in [0.2, 0.25) is 0 Å². The molecule has 5 nitrogen and oxygen atoms in total. The Balaban J connectivity index is 2.13. The highest BCUT2D eigenvalue weighted by Crippen LogP contribution is 2.25. The molecule has 0 aliphatic heterocycles. The van der Waals surface area contributed by atoms with Gasteiger partial charge in [0.25, 0.3) is 0 Å². The minimum absolute atomic E-state index is 0.150. The number of thiazole rings is 1. The number of anilines is 2. The average molecular weight is 236 g/mol. The summed E-state index contributed by atoms with van der Waals surface area (Å²) in [5.41, 5.74) is 1.77. The highest BCUT2D eigenvalue weighted by atomic mass is 32.1. The van der Waals surface area contributed by atoms with Crippen LogP contribution >= 0.6 is 11.3 Å². The van der Waals surface area contributed by atoms with Crippen LogP contribution in [0.2, 0.25) is 0 Å². The third-order valence-corrected chi connectivity index (χ3v) is 3.18. The number of hydrogen-bond acceptors (Lipinski definition) is 6. The number of nitrogens with zero attached hydrogens (tertiary/aromatic N) is 3. The molecule has 2 aromatic heterocycles. The first kappa shape index (κ1) is 11.0. The number of hydrogen-bond donors (Lipinski definition) is 2. The summed E-state index contributed by atoms with van der Waals surface area (Å²) in [7, 11) is 0. The quantitative estimate of drug-likeness (QED) is 0.842. The second-order valence-corrected chi connectivity index (χ2v) is 4.34. The van der Waals surface area contributed by atoms with Crippen LogP contribution in [0.3, 0.4) is 0 Å². The molecule has 84 valence electrons. The molecular formula is C10H12N4OS. The van der Waals surface area contributed by atoms with Crippen molar-refractivity contribution < 1.29 is 5.11 Å². The largest absolute Gasteiger partial charge is 0.396 e. The van der Waals surface area contributed by atoms with Crippen LogP contribution in [0.1, 0.15) is 10.6 Å². The zero-order valence-electron chi connectivity index (χ0n) is 8.84. The van der Waals surface area contributed by atoms with Gasteiger partial charge in [0, 0.05) is 17.9 Å². The SMILES string of the molecule is Cc1nc(Nc2cncnc2)sc1CCO. The molecule has 0 aromatic carbocycles. The van der Waals surface area contributed by atoms with Gasteiger partial charge in [-0.2, -0.15) is 0 Å². The van der Waals surface area contributed by atoms with E-state index in [4.69, 9.17) is 5.11 Å². The van der Waals surface area contributed by atoms with Crippen molar-refractivity contribution in [2.45, 2.75) is 13.3 Å². The molecule has 2 heterocycles. The van der Waals surface area contributed by atoms with E-state index in [9.17, 15) is 0 Å². The highest BCUT2D eigenvalue weighted by molar-refractivity contribution is 7.15. The van der Waals surface area contributed by atoms with Crippen molar-refractivity contribution in [3.05, 3.63) is 29.3 Å². The number of aliphatic hydroxyl groups is 1. The number of aryl methyl sites for hydroxylation is 1. The van der Waals surface area contributed by atoms with Crippen LogP contribution in [0.5, 0.6) is 0 Å². The van der Waals surface area contributed by atoms with Crippen LogP contribution in [-0.4, -0.2) is 26.7 Å². The van der Waals surface area contributed by atoms with Gasteiger partial charge in [0.05, 0.1) is 23.8 Å². The Kier molecular flexibility index (Phi) is 3.43. The Labute approximate surface area is 97.2 Å². The topological polar surface area (TPSA) is 70.9 Å². The maximum Gasteiger partial charge on any atom is 0.187 e. The van der Waals surface area contributed by atoms with Gasteiger partial charge in [-0.3, -0.25) is 0 Å². The summed E-state index contributed by atoms with van der Waals surface area (Å²) >= 11 is 1.54. The third-order valence-electron chi connectivity index (χ3n) is 2.04. The summed E-state index contributed by atoms with van der Waals surface area (Å²) in [4.78, 5) is 13.3. The zero-order chi connectivity index (χ0) is 11.4. The van der Waals surface area contributed by atoms with E-state index in [1.165, 1.54) is 6.33 Å². The predicted octanol–water partition coefficient (Wildman–Crippen LogP) is 1.52. The lowest BCUT2D eigenvalue weighted by molar-refractivity contribution is 0.300. The summed E-state index contributed by atoms with van der Waals surface area (Å²) in [5, 5.41) is 12.8. The van der Waals surface area contributed by atoms with Crippen molar-refractivity contribution in [1.29, 1.82) is 0 Å². The molecule has 0 saturated carbocycles. The first-order chi connectivity index (χ1) is 7.79. The van der Waals surface area contributed by atoms with Crippen LogP contribution in [-0.2, 0) is 6.42 Å². The number of rotatable bonds is 4. The van der Waals surface area contributed by atoms with E-state index in [0.29, 0.717) is 6.42 Å². The van der Waals surface area contributed by atoms with Gasteiger partial charge in [0.1, 0.15) is 6.33 Å². The number of aromatic nitrogens is 3. The monoisotopic (exact) mass is 236 g/mol. The van der Waals surface area contributed by atoms with Gasteiger partial charge in [-0.15, -0.1) is 11.3 Å². The fraction of sp³-hybridized carbons (Fsp3) is 0.300. The van der Waals surface area contributed by atoms with Crippen LogP contribution in [0.15, 0.2) is 18.7 Å². The van der Waals surface area contributed by atoms with Crippen molar-refractivity contribution in [3.63, 3.8) is 0 Å². The fourth-order valence-corrected chi connectivity index (χ4v) is 2.27. The van der Waals surface area contributed by atoms with Crippen LogP contribution in [0.4, 0.5) is 10.8 Å². The molecule has 0 aliphatic carbocycles.